The number of carbonyl (C=O) groups excluding carboxylic acids is 2. The number of halogens is 1. The summed E-state index contributed by atoms with van der Waals surface area (Å²) in [7, 11) is 14.0. The summed E-state index contributed by atoms with van der Waals surface area (Å²) in [6.45, 7) is 7.08. The van der Waals surface area contributed by atoms with Crippen LogP contribution in [0, 0.1) is 25.7 Å². The van der Waals surface area contributed by atoms with Crippen molar-refractivity contribution in [3.05, 3.63) is 82.9 Å². The molecule has 11 nitrogen and oxygen atoms in total. The van der Waals surface area contributed by atoms with Gasteiger partial charge in [0.15, 0.2) is 23.0 Å². The lowest BCUT2D eigenvalue weighted by atomic mass is 9.83. The minimum atomic E-state index is 0. The largest absolute Gasteiger partial charge is 0.493 e. The molecule has 2 aliphatic heterocycles. The summed E-state index contributed by atoms with van der Waals surface area (Å²) in [5, 5.41) is 0. The molecule has 0 saturated carbocycles. The highest BCUT2D eigenvalue weighted by Gasteiger charge is 2.31. The quantitative estimate of drug-likeness (QED) is 0.116. The lowest BCUT2D eigenvalue weighted by molar-refractivity contribution is 0.0644. The van der Waals surface area contributed by atoms with Crippen molar-refractivity contribution >= 4 is 24.2 Å². The van der Waals surface area contributed by atoms with E-state index in [0.717, 1.165) is 98.1 Å². The SMILES string of the molecule is COc1cc(-c2cc(C(=O)N3CCC(CC(CC4CCN(C(=O)c5ccc(C)c(-c6cc(OC)c(OC)c(OC)c6)c5)CC4)N(C)C)CC3)ccc2C)cc(OC)c1OC.Cl. The number of piperidine rings is 2. The molecule has 6 rings (SSSR count). The fourth-order valence-electron chi connectivity index (χ4n) is 9.00. The van der Waals surface area contributed by atoms with Crippen molar-refractivity contribution in [2.45, 2.75) is 58.4 Å². The second-order valence-corrected chi connectivity index (χ2v) is 16.4. The van der Waals surface area contributed by atoms with E-state index in [0.29, 0.717) is 63.5 Å². The molecule has 2 heterocycles. The summed E-state index contributed by atoms with van der Waals surface area (Å²) in [5.41, 5.74) is 7.18. The topological polar surface area (TPSA) is 99.2 Å². The number of nitrogens with zero attached hydrogens (tertiary/aromatic N) is 3. The Balaban J connectivity index is 0.00000704. The molecule has 2 amide bonds. The Morgan fingerprint density at radius 2 is 0.885 bits per heavy atom. The molecule has 0 atom stereocenters. The maximum absolute atomic E-state index is 13.9. The molecule has 0 aliphatic carbocycles. The molecule has 0 bridgehead atoms. The van der Waals surface area contributed by atoms with Crippen LogP contribution in [0.4, 0.5) is 0 Å². The van der Waals surface area contributed by atoms with Gasteiger partial charge in [-0.3, -0.25) is 9.59 Å². The van der Waals surface area contributed by atoms with Gasteiger partial charge in [-0.15, -0.1) is 12.4 Å². The van der Waals surface area contributed by atoms with E-state index in [2.05, 4.69) is 19.0 Å². The van der Waals surface area contributed by atoms with Gasteiger partial charge in [0, 0.05) is 43.3 Å². The summed E-state index contributed by atoms with van der Waals surface area (Å²) in [5.74, 6) is 4.60. The molecule has 0 unspecified atom stereocenters. The molecule has 4 aromatic carbocycles. The lowest BCUT2D eigenvalue weighted by Crippen LogP contribution is -2.42. The van der Waals surface area contributed by atoms with Gasteiger partial charge in [0.25, 0.3) is 11.8 Å². The van der Waals surface area contributed by atoms with Crippen molar-refractivity contribution in [3.8, 4) is 56.8 Å². The maximum Gasteiger partial charge on any atom is 0.253 e. The molecular weight excluding hydrogens is 794 g/mol. The number of hydrogen-bond acceptors (Lipinski definition) is 9. The second-order valence-electron chi connectivity index (χ2n) is 16.4. The molecule has 2 aliphatic rings. The van der Waals surface area contributed by atoms with E-state index >= 15 is 0 Å². The number of aryl methyl sites for hydroxylation is 2. The highest BCUT2D eigenvalue weighted by atomic mass is 35.5. The highest BCUT2D eigenvalue weighted by Crippen LogP contribution is 2.43. The Morgan fingerprint density at radius 1 is 0.557 bits per heavy atom. The van der Waals surface area contributed by atoms with Crippen LogP contribution in [0.25, 0.3) is 22.3 Å². The normalized spacial score (nSPS) is 14.8. The van der Waals surface area contributed by atoms with Crippen molar-refractivity contribution in [2.24, 2.45) is 11.8 Å². The van der Waals surface area contributed by atoms with Crippen molar-refractivity contribution in [2.75, 3.05) is 82.9 Å². The van der Waals surface area contributed by atoms with Gasteiger partial charge in [0.2, 0.25) is 11.5 Å². The summed E-state index contributed by atoms with van der Waals surface area (Å²) in [4.78, 5) is 34.2. The molecule has 0 spiro atoms. The Morgan fingerprint density at radius 3 is 1.16 bits per heavy atom. The number of amides is 2. The van der Waals surface area contributed by atoms with Crippen molar-refractivity contribution in [1.29, 1.82) is 0 Å². The minimum Gasteiger partial charge on any atom is -0.493 e. The fourth-order valence-corrected chi connectivity index (χ4v) is 9.00. The molecule has 2 fully saturated rings. The van der Waals surface area contributed by atoms with Crippen LogP contribution in [0.15, 0.2) is 60.7 Å². The van der Waals surface area contributed by atoms with Gasteiger partial charge < -0.3 is 43.1 Å². The van der Waals surface area contributed by atoms with Gasteiger partial charge in [-0.05, 0) is 160 Å². The van der Waals surface area contributed by atoms with Gasteiger partial charge >= 0.3 is 0 Å². The molecule has 330 valence electrons. The van der Waals surface area contributed by atoms with Crippen molar-refractivity contribution < 1.29 is 38.0 Å². The Labute approximate surface area is 368 Å². The maximum atomic E-state index is 13.9. The number of ether oxygens (including phenoxy) is 6. The Hall–Kier alpha value is -5.13. The van der Waals surface area contributed by atoms with Gasteiger partial charge in [0.1, 0.15) is 0 Å². The summed E-state index contributed by atoms with van der Waals surface area (Å²) >= 11 is 0. The third-order valence-electron chi connectivity index (χ3n) is 12.7. The number of hydrogen-bond donors (Lipinski definition) is 0. The monoisotopic (exact) mass is 857 g/mol. The van der Waals surface area contributed by atoms with Crippen LogP contribution in [0.5, 0.6) is 34.5 Å². The third kappa shape index (κ3) is 10.5. The number of likely N-dealkylation sites (tertiary alicyclic amines) is 2. The van der Waals surface area contributed by atoms with E-state index < -0.39 is 0 Å². The first-order valence-electron chi connectivity index (χ1n) is 21.0. The molecule has 61 heavy (non-hydrogen) atoms. The predicted octanol–water partition coefficient (Wildman–Crippen LogP) is 9.23. The zero-order chi connectivity index (χ0) is 43.1. The van der Waals surface area contributed by atoms with Gasteiger partial charge in [-0.2, -0.15) is 0 Å². The zero-order valence-corrected chi connectivity index (χ0v) is 38.4. The smallest absolute Gasteiger partial charge is 0.253 e. The van der Waals surface area contributed by atoms with E-state index in [1.807, 2.05) is 84.3 Å². The first kappa shape index (κ1) is 46.9. The van der Waals surface area contributed by atoms with Gasteiger partial charge in [-0.25, -0.2) is 0 Å². The summed E-state index contributed by atoms with van der Waals surface area (Å²) < 4.78 is 33.5. The molecule has 0 radical (unpaired) electrons. The van der Waals surface area contributed by atoms with E-state index in [4.69, 9.17) is 28.4 Å². The molecule has 2 saturated heterocycles. The van der Waals surface area contributed by atoms with Gasteiger partial charge in [0.05, 0.1) is 42.7 Å². The third-order valence-corrected chi connectivity index (χ3v) is 12.7. The van der Waals surface area contributed by atoms with Crippen LogP contribution in [0.3, 0.4) is 0 Å². The van der Waals surface area contributed by atoms with Gasteiger partial charge in [-0.1, -0.05) is 12.1 Å². The zero-order valence-electron chi connectivity index (χ0n) is 37.6. The van der Waals surface area contributed by atoms with Crippen LogP contribution < -0.4 is 28.4 Å². The van der Waals surface area contributed by atoms with Crippen LogP contribution in [0.1, 0.15) is 70.4 Å². The first-order valence-corrected chi connectivity index (χ1v) is 21.0. The molecule has 4 aromatic rings. The molecule has 0 N–H and O–H groups in total. The molecule has 12 heteroatoms. The van der Waals surface area contributed by atoms with E-state index in [-0.39, 0.29) is 24.2 Å². The molecular formula is C49H64ClN3O8. The lowest BCUT2D eigenvalue weighted by Gasteiger charge is -2.38. The van der Waals surface area contributed by atoms with Crippen LogP contribution in [0.2, 0.25) is 0 Å². The minimum absolute atomic E-state index is 0. The van der Waals surface area contributed by atoms with Crippen molar-refractivity contribution in [1.82, 2.24) is 14.7 Å². The number of benzene rings is 4. The standard InChI is InChI=1S/C49H63N3O8.ClH/c1-31-11-13-35(25-40(31)37-27-42(55-5)46(59-9)43(28-37)56-6)48(53)51-19-15-33(16-20-51)23-39(50(3)4)24-34-17-21-52(22-18-34)49(54)36-14-12-32(2)41(26-36)38-29-44(57-7)47(60-10)45(30-38)58-8;/h11-14,25-30,33-34,39H,15-24H2,1-10H3;1H. The van der Waals surface area contributed by atoms with Crippen LogP contribution in [-0.2, 0) is 0 Å². The van der Waals surface area contributed by atoms with Crippen molar-refractivity contribution in [3.63, 3.8) is 0 Å². The summed E-state index contributed by atoms with van der Waals surface area (Å²) in [6.07, 6.45) is 6.17. The first-order chi connectivity index (χ1) is 28.9. The van der Waals surface area contributed by atoms with Crippen LogP contribution in [-0.4, -0.2) is 115 Å². The predicted molar refractivity (Wildman–Crippen MR) is 244 cm³/mol. The fraction of sp³-hybridized carbons (Fsp3) is 0.469. The Kier molecular flexibility index (Phi) is 16.2. The molecule has 0 aromatic heterocycles. The van der Waals surface area contributed by atoms with Crippen LogP contribution >= 0.6 is 12.4 Å². The highest BCUT2D eigenvalue weighted by molar-refractivity contribution is 5.97. The number of methoxy groups -OCH3 is 6. The average molecular weight is 859 g/mol. The number of carbonyl (C=O) groups is 2. The number of rotatable bonds is 15. The average Bonchev–Trinajstić information content (AvgIpc) is 3.27. The Bertz CT molecular complexity index is 1950. The van der Waals surface area contributed by atoms with E-state index in [9.17, 15) is 9.59 Å². The van der Waals surface area contributed by atoms with E-state index in [1.165, 1.54) is 0 Å². The second kappa shape index (κ2) is 21.1. The summed E-state index contributed by atoms with van der Waals surface area (Å²) in [6, 6.07) is 20.0. The van der Waals surface area contributed by atoms with E-state index in [1.54, 1.807) is 42.7 Å².